The molecular weight excluding hydrogens is 176 g/mol. The first-order valence-electron chi connectivity index (χ1n) is 5.78. The second-order valence-corrected chi connectivity index (χ2v) is 4.57. The van der Waals surface area contributed by atoms with Crippen molar-refractivity contribution in [2.24, 2.45) is 11.8 Å². The molecule has 0 bridgehead atoms. The summed E-state index contributed by atoms with van der Waals surface area (Å²) in [6, 6.07) is 0. The molecule has 2 atom stereocenters. The van der Waals surface area contributed by atoms with E-state index in [1.165, 1.54) is 39.0 Å². The van der Waals surface area contributed by atoms with Crippen molar-refractivity contribution < 1.29 is 9.53 Å². The lowest BCUT2D eigenvalue weighted by Gasteiger charge is -2.31. The Morgan fingerprint density at radius 2 is 1.79 bits per heavy atom. The zero-order valence-electron chi connectivity index (χ0n) is 9.58. The van der Waals surface area contributed by atoms with E-state index in [1.807, 2.05) is 6.92 Å². The summed E-state index contributed by atoms with van der Waals surface area (Å²) in [4.78, 5) is 10.8. The van der Waals surface area contributed by atoms with Gasteiger partial charge in [0.25, 0.3) is 0 Å². The molecule has 1 aliphatic carbocycles. The van der Waals surface area contributed by atoms with E-state index < -0.39 is 0 Å². The molecule has 1 aliphatic rings. The minimum atomic E-state index is -0.153. The standard InChI is InChI=1S/C12H22O2/c1-9(10(2)14-11(3)13)12-7-5-4-6-8-12/h9-10,12H,4-8H2,1-3H3/t9-,10-/m0/s1. The van der Waals surface area contributed by atoms with Crippen LogP contribution in [0.25, 0.3) is 0 Å². The second-order valence-electron chi connectivity index (χ2n) is 4.57. The van der Waals surface area contributed by atoms with E-state index in [9.17, 15) is 4.79 Å². The number of ether oxygens (including phenoxy) is 1. The van der Waals surface area contributed by atoms with Gasteiger partial charge < -0.3 is 4.74 Å². The van der Waals surface area contributed by atoms with Crippen molar-refractivity contribution in [1.29, 1.82) is 0 Å². The number of rotatable bonds is 3. The maximum atomic E-state index is 10.8. The van der Waals surface area contributed by atoms with Crippen molar-refractivity contribution in [3.63, 3.8) is 0 Å². The van der Waals surface area contributed by atoms with Crippen LogP contribution >= 0.6 is 0 Å². The van der Waals surface area contributed by atoms with Crippen LogP contribution in [0.2, 0.25) is 0 Å². The Bertz CT molecular complexity index is 183. The molecule has 1 saturated carbocycles. The third-order valence-corrected chi connectivity index (χ3v) is 3.49. The maximum Gasteiger partial charge on any atom is 0.302 e. The van der Waals surface area contributed by atoms with Gasteiger partial charge in [-0.3, -0.25) is 4.79 Å². The van der Waals surface area contributed by atoms with Crippen molar-refractivity contribution in [2.45, 2.75) is 59.0 Å². The van der Waals surface area contributed by atoms with Gasteiger partial charge in [-0.2, -0.15) is 0 Å². The summed E-state index contributed by atoms with van der Waals surface area (Å²) >= 11 is 0. The van der Waals surface area contributed by atoms with Crippen LogP contribution < -0.4 is 0 Å². The van der Waals surface area contributed by atoms with E-state index in [1.54, 1.807) is 0 Å². The van der Waals surface area contributed by atoms with Gasteiger partial charge in [0.05, 0.1) is 0 Å². The molecule has 1 fully saturated rings. The quantitative estimate of drug-likeness (QED) is 0.651. The number of carbonyl (C=O) groups is 1. The molecule has 1 rings (SSSR count). The molecule has 0 aromatic rings. The van der Waals surface area contributed by atoms with Crippen LogP contribution in [0.3, 0.4) is 0 Å². The normalized spacial score (nSPS) is 22.8. The first kappa shape index (κ1) is 11.5. The molecule has 0 aliphatic heterocycles. The molecule has 0 unspecified atom stereocenters. The van der Waals surface area contributed by atoms with Crippen LogP contribution in [0.5, 0.6) is 0 Å². The SMILES string of the molecule is CC(=O)O[C@@H](C)[C@H](C)C1CCCCC1. The summed E-state index contributed by atoms with van der Waals surface area (Å²) in [5.74, 6) is 1.12. The topological polar surface area (TPSA) is 26.3 Å². The van der Waals surface area contributed by atoms with Crippen LogP contribution in [0.4, 0.5) is 0 Å². The van der Waals surface area contributed by atoms with E-state index in [-0.39, 0.29) is 12.1 Å². The molecule has 2 nitrogen and oxygen atoms in total. The Morgan fingerprint density at radius 3 is 2.29 bits per heavy atom. The lowest BCUT2D eigenvalue weighted by Crippen LogP contribution is -2.28. The minimum Gasteiger partial charge on any atom is -0.463 e. The third-order valence-electron chi connectivity index (χ3n) is 3.49. The molecule has 0 saturated heterocycles. The van der Waals surface area contributed by atoms with E-state index in [0.717, 1.165) is 5.92 Å². The van der Waals surface area contributed by atoms with Crippen LogP contribution in [0, 0.1) is 11.8 Å². The lowest BCUT2D eigenvalue weighted by molar-refractivity contribution is -0.148. The number of hydrogen-bond donors (Lipinski definition) is 0. The molecule has 0 spiro atoms. The highest BCUT2D eigenvalue weighted by molar-refractivity contribution is 5.66. The number of esters is 1. The zero-order chi connectivity index (χ0) is 10.6. The minimum absolute atomic E-state index is 0.0793. The molecule has 0 amide bonds. The van der Waals surface area contributed by atoms with Gasteiger partial charge in [-0.05, 0) is 18.8 Å². The fourth-order valence-electron chi connectivity index (χ4n) is 2.41. The summed E-state index contributed by atoms with van der Waals surface area (Å²) in [7, 11) is 0. The van der Waals surface area contributed by atoms with Gasteiger partial charge in [0.15, 0.2) is 0 Å². The zero-order valence-corrected chi connectivity index (χ0v) is 9.58. The molecule has 0 aromatic carbocycles. The van der Waals surface area contributed by atoms with Gasteiger partial charge >= 0.3 is 5.97 Å². The van der Waals surface area contributed by atoms with Crippen LogP contribution in [-0.2, 0) is 9.53 Å². The van der Waals surface area contributed by atoms with E-state index in [4.69, 9.17) is 4.74 Å². The second kappa shape index (κ2) is 5.38. The molecular formula is C12H22O2. The number of hydrogen-bond acceptors (Lipinski definition) is 2. The summed E-state index contributed by atoms with van der Waals surface area (Å²) < 4.78 is 5.23. The molecule has 14 heavy (non-hydrogen) atoms. The molecule has 2 heteroatoms. The fraction of sp³-hybridized carbons (Fsp3) is 0.917. The Morgan fingerprint density at radius 1 is 1.21 bits per heavy atom. The van der Waals surface area contributed by atoms with Crippen LogP contribution in [0.15, 0.2) is 0 Å². The predicted octanol–water partition coefficient (Wildman–Crippen LogP) is 3.15. The summed E-state index contributed by atoms with van der Waals surface area (Å²) in [5, 5.41) is 0. The average molecular weight is 198 g/mol. The smallest absolute Gasteiger partial charge is 0.302 e. The van der Waals surface area contributed by atoms with Gasteiger partial charge in [-0.25, -0.2) is 0 Å². The molecule has 0 N–H and O–H groups in total. The average Bonchev–Trinajstić information content (AvgIpc) is 2.17. The van der Waals surface area contributed by atoms with E-state index >= 15 is 0 Å². The highest BCUT2D eigenvalue weighted by atomic mass is 16.5. The van der Waals surface area contributed by atoms with Crippen molar-refractivity contribution >= 4 is 5.97 Å². The number of carbonyl (C=O) groups excluding carboxylic acids is 1. The van der Waals surface area contributed by atoms with Crippen molar-refractivity contribution in [2.75, 3.05) is 0 Å². The molecule has 0 aromatic heterocycles. The van der Waals surface area contributed by atoms with Crippen molar-refractivity contribution in [3.8, 4) is 0 Å². The Kier molecular flexibility index (Phi) is 4.43. The highest BCUT2D eigenvalue weighted by Crippen LogP contribution is 2.32. The fourth-order valence-corrected chi connectivity index (χ4v) is 2.41. The summed E-state index contributed by atoms with van der Waals surface area (Å²) in [6.07, 6.45) is 6.78. The van der Waals surface area contributed by atoms with Gasteiger partial charge in [-0.15, -0.1) is 0 Å². The monoisotopic (exact) mass is 198 g/mol. The largest absolute Gasteiger partial charge is 0.463 e. The Labute approximate surface area is 87.0 Å². The van der Waals surface area contributed by atoms with Crippen molar-refractivity contribution in [1.82, 2.24) is 0 Å². The van der Waals surface area contributed by atoms with Crippen LogP contribution in [0.1, 0.15) is 52.9 Å². The molecule has 82 valence electrons. The summed E-state index contributed by atoms with van der Waals surface area (Å²) in [6.45, 7) is 5.72. The molecule has 0 radical (unpaired) electrons. The Balaban J connectivity index is 2.37. The lowest BCUT2D eigenvalue weighted by atomic mass is 9.79. The predicted molar refractivity (Wildman–Crippen MR) is 57.0 cm³/mol. The molecule has 0 heterocycles. The van der Waals surface area contributed by atoms with Gasteiger partial charge in [0.1, 0.15) is 6.10 Å². The Hall–Kier alpha value is -0.530. The first-order valence-corrected chi connectivity index (χ1v) is 5.78. The summed E-state index contributed by atoms with van der Waals surface area (Å²) in [5.41, 5.74) is 0. The van der Waals surface area contributed by atoms with Crippen LogP contribution in [-0.4, -0.2) is 12.1 Å². The van der Waals surface area contributed by atoms with E-state index in [0.29, 0.717) is 5.92 Å². The van der Waals surface area contributed by atoms with Crippen molar-refractivity contribution in [3.05, 3.63) is 0 Å². The first-order chi connectivity index (χ1) is 6.61. The van der Waals surface area contributed by atoms with E-state index in [2.05, 4.69) is 6.92 Å². The van der Waals surface area contributed by atoms with Gasteiger partial charge in [0.2, 0.25) is 0 Å². The van der Waals surface area contributed by atoms with Gasteiger partial charge in [-0.1, -0.05) is 39.0 Å². The highest BCUT2D eigenvalue weighted by Gasteiger charge is 2.25. The third kappa shape index (κ3) is 3.32. The van der Waals surface area contributed by atoms with Gasteiger partial charge in [0, 0.05) is 6.92 Å². The maximum absolute atomic E-state index is 10.8.